The molecule has 0 aromatic heterocycles. The molecule has 2 atom stereocenters. The van der Waals surface area contributed by atoms with Crippen molar-refractivity contribution in [1.82, 2.24) is 5.32 Å². The number of hydrogen-bond donors (Lipinski definition) is 2. The maximum atomic E-state index is 11.9. The quantitative estimate of drug-likeness (QED) is 0.896. The Morgan fingerprint density at radius 1 is 1.47 bits per heavy atom. The lowest BCUT2D eigenvalue weighted by atomic mass is 10.0. The van der Waals surface area contributed by atoms with Gasteiger partial charge in [0.05, 0.1) is 0 Å². The van der Waals surface area contributed by atoms with Crippen LogP contribution in [0, 0.1) is 5.92 Å². The van der Waals surface area contributed by atoms with Crippen LogP contribution in [0.5, 0.6) is 0 Å². The van der Waals surface area contributed by atoms with Crippen LogP contribution in [0.15, 0.2) is 22.7 Å². The summed E-state index contributed by atoms with van der Waals surface area (Å²) in [5.41, 5.74) is 0.501. The molecule has 0 saturated heterocycles. The average Bonchev–Trinajstić information content (AvgIpc) is 2.26. The van der Waals surface area contributed by atoms with Crippen molar-refractivity contribution in [3.8, 4) is 0 Å². The molecule has 0 fully saturated rings. The number of carbonyl (C=O) groups excluding carboxylic acids is 1. The van der Waals surface area contributed by atoms with Crippen LogP contribution >= 0.6 is 27.5 Å². The summed E-state index contributed by atoms with van der Waals surface area (Å²) in [4.78, 5) is 11.9. The van der Waals surface area contributed by atoms with Gasteiger partial charge in [-0.25, -0.2) is 0 Å². The molecular formula is C12H15BrClNO2. The molecule has 5 heteroatoms. The molecule has 0 radical (unpaired) electrons. The first-order valence-electron chi connectivity index (χ1n) is 5.32. The predicted octanol–water partition coefficient (Wildman–Crippen LogP) is 2.85. The van der Waals surface area contributed by atoms with E-state index in [1.807, 2.05) is 13.8 Å². The molecular weight excluding hydrogens is 305 g/mol. The summed E-state index contributed by atoms with van der Waals surface area (Å²) >= 11 is 9.16. The Balaban J connectivity index is 2.76. The van der Waals surface area contributed by atoms with Crippen molar-refractivity contribution in [1.29, 1.82) is 0 Å². The lowest BCUT2D eigenvalue weighted by molar-refractivity contribution is 0.0916. The first-order valence-corrected chi connectivity index (χ1v) is 6.49. The maximum absolute atomic E-state index is 11.9. The first kappa shape index (κ1) is 14.5. The fourth-order valence-electron chi connectivity index (χ4n) is 1.28. The highest BCUT2D eigenvalue weighted by Gasteiger charge is 2.15. The summed E-state index contributed by atoms with van der Waals surface area (Å²) in [6.45, 7) is 3.78. The molecule has 3 nitrogen and oxygen atoms in total. The second kappa shape index (κ2) is 6.38. The maximum Gasteiger partial charge on any atom is 0.251 e. The molecule has 0 saturated carbocycles. The van der Waals surface area contributed by atoms with Gasteiger partial charge in [0.1, 0.15) is 0 Å². The first-order chi connectivity index (χ1) is 7.93. The van der Waals surface area contributed by atoms with E-state index < -0.39 is 0 Å². The number of carbonyl (C=O) groups is 1. The highest BCUT2D eigenvalue weighted by molar-refractivity contribution is 9.10. The van der Waals surface area contributed by atoms with Gasteiger partial charge in [0, 0.05) is 27.7 Å². The van der Waals surface area contributed by atoms with E-state index in [4.69, 9.17) is 16.7 Å². The van der Waals surface area contributed by atoms with Gasteiger partial charge in [-0.15, -0.1) is 0 Å². The fraction of sp³-hybridized carbons (Fsp3) is 0.417. The molecule has 1 rings (SSSR count). The van der Waals surface area contributed by atoms with Gasteiger partial charge < -0.3 is 10.4 Å². The summed E-state index contributed by atoms with van der Waals surface area (Å²) in [6.07, 6.45) is 0. The van der Waals surface area contributed by atoms with Gasteiger partial charge in [-0.3, -0.25) is 4.79 Å². The lowest BCUT2D eigenvalue weighted by Gasteiger charge is -2.19. The van der Waals surface area contributed by atoms with Gasteiger partial charge in [-0.1, -0.05) is 34.5 Å². The van der Waals surface area contributed by atoms with Crippen LogP contribution in [0.1, 0.15) is 24.2 Å². The van der Waals surface area contributed by atoms with Crippen LogP contribution in [0.3, 0.4) is 0 Å². The topological polar surface area (TPSA) is 49.3 Å². The molecule has 17 heavy (non-hydrogen) atoms. The van der Waals surface area contributed by atoms with Gasteiger partial charge in [0.15, 0.2) is 0 Å². The zero-order valence-corrected chi connectivity index (χ0v) is 12.0. The molecule has 0 aliphatic rings. The summed E-state index contributed by atoms with van der Waals surface area (Å²) in [5.74, 6) is -0.178. The van der Waals surface area contributed by atoms with Crippen LogP contribution in [0.4, 0.5) is 0 Å². The molecule has 1 aromatic carbocycles. The van der Waals surface area contributed by atoms with E-state index in [9.17, 15) is 4.79 Å². The van der Waals surface area contributed by atoms with Crippen molar-refractivity contribution < 1.29 is 9.90 Å². The Morgan fingerprint density at radius 2 is 2.12 bits per heavy atom. The standard InChI is InChI=1S/C12H15BrClNO2/c1-7(6-16)8(2)15-12(17)9-3-10(13)5-11(14)4-9/h3-5,7-8,16H,6H2,1-2H3,(H,15,17). The van der Waals surface area contributed by atoms with Crippen LogP contribution in [0.25, 0.3) is 0 Å². The highest BCUT2D eigenvalue weighted by atomic mass is 79.9. The zero-order valence-electron chi connectivity index (χ0n) is 9.71. The van der Waals surface area contributed by atoms with E-state index in [-0.39, 0.29) is 24.5 Å². The van der Waals surface area contributed by atoms with Gasteiger partial charge in [0.2, 0.25) is 0 Å². The second-order valence-electron chi connectivity index (χ2n) is 4.08. The fourth-order valence-corrected chi connectivity index (χ4v) is 2.14. The molecule has 0 heterocycles. The van der Waals surface area contributed by atoms with Crippen LogP contribution < -0.4 is 5.32 Å². The number of hydrogen-bond acceptors (Lipinski definition) is 2. The predicted molar refractivity (Wildman–Crippen MR) is 72.3 cm³/mol. The number of aliphatic hydroxyl groups is 1. The normalized spacial score (nSPS) is 14.2. The summed E-state index contributed by atoms with van der Waals surface area (Å²) < 4.78 is 0.762. The Labute approximate surface area is 114 Å². The van der Waals surface area contributed by atoms with Crippen LogP contribution in [-0.2, 0) is 0 Å². The third kappa shape index (κ3) is 4.30. The number of amides is 1. The Morgan fingerprint density at radius 3 is 2.65 bits per heavy atom. The molecule has 0 aliphatic heterocycles. The van der Waals surface area contributed by atoms with E-state index >= 15 is 0 Å². The van der Waals surface area contributed by atoms with E-state index in [1.54, 1.807) is 18.2 Å². The van der Waals surface area contributed by atoms with Gasteiger partial charge >= 0.3 is 0 Å². The molecule has 2 unspecified atom stereocenters. The van der Waals surface area contributed by atoms with Gasteiger partial charge in [0.25, 0.3) is 5.91 Å². The third-order valence-electron chi connectivity index (χ3n) is 2.63. The Hall–Kier alpha value is -0.580. The van der Waals surface area contributed by atoms with Crippen LogP contribution in [-0.4, -0.2) is 23.7 Å². The number of aliphatic hydroxyl groups excluding tert-OH is 1. The number of halogens is 2. The Kier molecular flexibility index (Phi) is 5.43. The third-order valence-corrected chi connectivity index (χ3v) is 3.30. The molecule has 1 aromatic rings. The smallest absolute Gasteiger partial charge is 0.251 e. The minimum absolute atomic E-state index is 0.0153. The molecule has 1 amide bonds. The van der Waals surface area contributed by atoms with Crippen molar-refractivity contribution in [3.63, 3.8) is 0 Å². The van der Waals surface area contributed by atoms with Crippen LogP contribution in [0.2, 0.25) is 5.02 Å². The van der Waals surface area contributed by atoms with E-state index in [0.29, 0.717) is 10.6 Å². The second-order valence-corrected chi connectivity index (χ2v) is 5.43. The van der Waals surface area contributed by atoms with E-state index in [2.05, 4.69) is 21.2 Å². The van der Waals surface area contributed by atoms with E-state index in [0.717, 1.165) is 4.47 Å². The molecule has 0 bridgehead atoms. The van der Waals surface area contributed by atoms with Crippen molar-refractivity contribution in [2.75, 3.05) is 6.61 Å². The molecule has 94 valence electrons. The number of benzene rings is 1. The monoisotopic (exact) mass is 319 g/mol. The SMILES string of the molecule is CC(CO)C(C)NC(=O)c1cc(Cl)cc(Br)c1. The summed E-state index contributed by atoms with van der Waals surface area (Å²) in [7, 11) is 0. The number of nitrogens with one attached hydrogen (secondary N) is 1. The lowest BCUT2D eigenvalue weighted by Crippen LogP contribution is -2.38. The summed E-state index contributed by atoms with van der Waals surface area (Å²) in [5, 5.41) is 12.3. The highest BCUT2D eigenvalue weighted by Crippen LogP contribution is 2.19. The van der Waals surface area contributed by atoms with Crippen molar-refractivity contribution in [3.05, 3.63) is 33.3 Å². The molecule has 0 aliphatic carbocycles. The zero-order chi connectivity index (χ0) is 13.0. The van der Waals surface area contributed by atoms with Gasteiger partial charge in [-0.05, 0) is 31.0 Å². The summed E-state index contributed by atoms with van der Waals surface area (Å²) in [6, 6.07) is 4.94. The number of rotatable bonds is 4. The Bertz CT molecular complexity index is 391. The van der Waals surface area contributed by atoms with Crippen molar-refractivity contribution >= 4 is 33.4 Å². The average molecular weight is 321 g/mol. The van der Waals surface area contributed by atoms with Gasteiger partial charge in [-0.2, -0.15) is 0 Å². The van der Waals surface area contributed by atoms with Crippen molar-refractivity contribution in [2.45, 2.75) is 19.9 Å². The molecule has 2 N–H and O–H groups in total. The largest absolute Gasteiger partial charge is 0.396 e. The molecule has 0 spiro atoms. The minimum atomic E-state index is -0.194. The minimum Gasteiger partial charge on any atom is -0.396 e. The van der Waals surface area contributed by atoms with Crippen molar-refractivity contribution in [2.24, 2.45) is 5.92 Å². The van der Waals surface area contributed by atoms with E-state index in [1.165, 1.54) is 0 Å².